The van der Waals surface area contributed by atoms with Crippen molar-refractivity contribution in [2.75, 3.05) is 5.32 Å². The number of aliphatic carboxylic acids is 1. The number of hydrogen-bond acceptors (Lipinski definition) is 2. The lowest BCUT2D eigenvalue weighted by molar-refractivity contribution is -0.138. The van der Waals surface area contributed by atoms with Gasteiger partial charge in [-0.15, -0.1) is 0 Å². The molecule has 0 aliphatic heterocycles. The number of rotatable bonds is 4. The van der Waals surface area contributed by atoms with Crippen LogP contribution in [0, 0.1) is 12.7 Å². The molecule has 0 bridgehead atoms. The maximum Gasteiger partial charge on any atom is 0.330 e. The Hall–Kier alpha value is -2.36. The normalized spacial score (nSPS) is 11.9. The van der Waals surface area contributed by atoms with Gasteiger partial charge in [0.2, 0.25) is 0 Å². The second kappa shape index (κ2) is 5.52. The molecule has 3 nitrogen and oxygen atoms in total. The van der Waals surface area contributed by atoms with Crippen LogP contribution in [-0.2, 0) is 4.79 Å². The summed E-state index contributed by atoms with van der Waals surface area (Å²) in [6.07, 6.45) is 0. The zero-order valence-corrected chi connectivity index (χ0v) is 10.4. The van der Waals surface area contributed by atoms with E-state index in [9.17, 15) is 14.3 Å². The highest BCUT2D eigenvalue weighted by Crippen LogP contribution is 2.22. The third-order valence-electron chi connectivity index (χ3n) is 2.80. The number of benzene rings is 2. The minimum absolute atomic E-state index is 0.182. The predicted octanol–water partition coefficient (Wildman–Crippen LogP) is 3.37. The molecule has 0 aromatic heterocycles. The molecule has 0 aliphatic rings. The number of hydrogen-bond donors (Lipinski definition) is 2. The van der Waals surface area contributed by atoms with E-state index in [4.69, 9.17) is 0 Å². The van der Waals surface area contributed by atoms with E-state index in [-0.39, 0.29) is 5.69 Å². The minimum atomic E-state index is -1.05. The van der Waals surface area contributed by atoms with Gasteiger partial charge < -0.3 is 10.4 Å². The van der Waals surface area contributed by atoms with Crippen LogP contribution in [0.1, 0.15) is 17.2 Å². The first-order chi connectivity index (χ1) is 9.08. The van der Waals surface area contributed by atoms with Crippen LogP contribution in [0.5, 0.6) is 0 Å². The van der Waals surface area contributed by atoms with Crippen molar-refractivity contribution in [2.45, 2.75) is 13.0 Å². The van der Waals surface area contributed by atoms with E-state index in [1.54, 1.807) is 49.4 Å². The average Bonchev–Trinajstić information content (AvgIpc) is 2.38. The molecule has 19 heavy (non-hydrogen) atoms. The van der Waals surface area contributed by atoms with Gasteiger partial charge in [-0.05, 0) is 30.2 Å². The number of aryl methyl sites for hydroxylation is 1. The van der Waals surface area contributed by atoms with Crippen molar-refractivity contribution >= 4 is 11.7 Å². The summed E-state index contributed by atoms with van der Waals surface area (Å²) in [6.45, 7) is 1.78. The second-order valence-corrected chi connectivity index (χ2v) is 4.31. The summed E-state index contributed by atoms with van der Waals surface area (Å²) in [4.78, 5) is 11.3. The van der Waals surface area contributed by atoms with Crippen LogP contribution in [-0.4, -0.2) is 11.1 Å². The summed E-state index contributed by atoms with van der Waals surface area (Å²) in [5.41, 5.74) is 1.55. The predicted molar refractivity (Wildman–Crippen MR) is 71.6 cm³/mol. The molecule has 0 aliphatic carbocycles. The molecular weight excluding hydrogens is 245 g/mol. The third kappa shape index (κ3) is 3.10. The smallest absolute Gasteiger partial charge is 0.330 e. The molecule has 2 rings (SSSR count). The van der Waals surface area contributed by atoms with E-state index in [0.717, 1.165) is 5.56 Å². The highest BCUT2D eigenvalue weighted by atomic mass is 19.1. The van der Waals surface area contributed by atoms with Crippen molar-refractivity contribution in [3.05, 3.63) is 65.5 Å². The molecule has 0 saturated carbocycles. The largest absolute Gasteiger partial charge is 0.479 e. The lowest BCUT2D eigenvalue weighted by atomic mass is 10.1. The molecule has 1 atom stereocenters. The van der Waals surface area contributed by atoms with Gasteiger partial charge in [-0.1, -0.05) is 36.4 Å². The molecule has 0 saturated heterocycles. The quantitative estimate of drug-likeness (QED) is 0.885. The molecule has 1 unspecified atom stereocenters. The molecule has 2 N–H and O–H groups in total. The van der Waals surface area contributed by atoms with E-state index < -0.39 is 17.8 Å². The van der Waals surface area contributed by atoms with E-state index in [1.807, 2.05) is 0 Å². The fraction of sp³-hybridized carbons (Fsp3) is 0.133. The Bertz CT molecular complexity index is 584. The van der Waals surface area contributed by atoms with Crippen molar-refractivity contribution in [3.8, 4) is 0 Å². The summed E-state index contributed by atoms with van der Waals surface area (Å²) in [7, 11) is 0. The van der Waals surface area contributed by atoms with Crippen LogP contribution < -0.4 is 5.32 Å². The number of anilines is 1. The molecule has 2 aromatic rings. The molecular formula is C15H14FNO2. The fourth-order valence-electron chi connectivity index (χ4n) is 1.83. The highest BCUT2D eigenvalue weighted by molar-refractivity contribution is 5.79. The summed E-state index contributed by atoms with van der Waals surface area (Å²) in [5, 5.41) is 12.0. The Kier molecular flexibility index (Phi) is 3.80. The first-order valence-electron chi connectivity index (χ1n) is 5.88. The monoisotopic (exact) mass is 259 g/mol. The number of carbonyl (C=O) groups is 1. The zero-order chi connectivity index (χ0) is 13.8. The molecule has 0 heterocycles. The van der Waals surface area contributed by atoms with Crippen LogP contribution in [0.15, 0.2) is 48.5 Å². The van der Waals surface area contributed by atoms with E-state index >= 15 is 0 Å². The van der Waals surface area contributed by atoms with Gasteiger partial charge in [0.1, 0.15) is 5.82 Å². The van der Waals surface area contributed by atoms with Crippen molar-refractivity contribution < 1.29 is 14.3 Å². The van der Waals surface area contributed by atoms with Gasteiger partial charge in [0.05, 0.1) is 5.69 Å². The number of carboxylic acids is 1. The lowest BCUT2D eigenvalue weighted by Crippen LogP contribution is -2.21. The molecule has 0 fully saturated rings. The summed E-state index contributed by atoms with van der Waals surface area (Å²) in [5.74, 6) is -1.51. The van der Waals surface area contributed by atoms with Crippen molar-refractivity contribution in [1.29, 1.82) is 0 Å². The van der Waals surface area contributed by atoms with Crippen molar-refractivity contribution in [2.24, 2.45) is 0 Å². The summed E-state index contributed by atoms with van der Waals surface area (Å²) >= 11 is 0. The Balaban J connectivity index is 2.29. The fourth-order valence-corrected chi connectivity index (χ4v) is 1.83. The number of halogens is 1. The van der Waals surface area contributed by atoms with E-state index in [0.29, 0.717) is 5.56 Å². The molecule has 0 amide bonds. The van der Waals surface area contributed by atoms with Crippen LogP contribution in [0.2, 0.25) is 0 Å². The molecule has 4 heteroatoms. The van der Waals surface area contributed by atoms with Gasteiger partial charge in [-0.3, -0.25) is 0 Å². The topological polar surface area (TPSA) is 49.3 Å². The summed E-state index contributed by atoms with van der Waals surface area (Å²) in [6, 6.07) is 12.4. The van der Waals surface area contributed by atoms with Crippen LogP contribution >= 0.6 is 0 Å². The molecule has 2 aromatic carbocycles. The first kappa shape index (κ1) is 13.1. The average molecular weight is 259 g/mol. The summed E-state index contributed by atoms with van der Waals surface area (Å²) < 4.78 is 13.7. The SMILES string of the molecule is Cc1ccc(NC(C(=O)O)c2ccccc2)c(F)c1. The highest BCUT2D eigenvalue weighted by Gasteiger charge is 2.20. The van der Waals surface area contributed by atoms with Crippen molar-refractivity contribution in [1.82, 2.24) is 0 Å². The standard InChI is InChI=1S/C15H14FNO2/c1-10-7-8-13(12(16)9-10)17-14(15(18)19)11-5-3-2-4-6-11/h2-9,14,17H,1H3,(H,18,19). The first-order valence-corrected chi connectivity index (χ1v) is 5.88. The molecule has 98 valence electrons. The Morgan fingerprint density at radius 3 is 2.47 bits per heavy atom. The Morgan fingerprint density at radius 2 is 1.89 bits per heavy atom. The zero-order valence-electron chi connectivity index (χ0n) is 10.4. The number of nitrogens with one attached hydrogen (secondary N) is 1. The van der Waals surface area contributed by atoms with Crippen LogP contribution in [0.3, 0.4) is 0 Å². The van der Waals surface area contributed by atoms with Crippen molar-refractivity contribution in [3.63, 3.8) is 0 Å². The maximum atomic E-state index is 13.7. The van der Waals surface area contributed by atoms with E-state index in [1.165, 1.54) is 6.07 Å². The van der Waals surface area contributed by atoms with Gasteiger partial charge in [-0.25, -0.2) is 9.18 Å². The number of carboxylic acid groups (broad SMARTS) is 1. The lowest BCUT2D eigenvalue weighted by Gasteiger charge is -2.16. The minimum Gasteiger partial charge on any atom is -0.479 e. The maximum absolute atomic E-state index is 13.7. The van der Waals surface area contributed by atoms with Gasteiger partial charge in [-0.2, -0.15) is 0 Å². The Morgan fingerprint density at radius 1 is 1.21 bits per heavy atom. The van der Waals surface area contributed by atoms with E-state index in [2.05, 4.69) is 5.32 Å². The van der Waals surface area contributed by atoms with Crippen LogP contribution in [0.4, 0.5) is 10.1 Å². The third-order valence-corrected chi connectivity index (χ3v) is 2.80. The van der Waals surface area contributed by atoms with Gasteiger partial charge >= 0.3 is 5.97 Å². The molecule has 0 radical (unpaired) electrons. The second-order valence-electron chi connectivity index (χ2n) is 4.31. The van der Waals surface area contributed by atoms with Gasteiger partial charge in [0.15, 0.2) is 6.04 Å². The molecule has 0 spiro atoms. The van der Waals surface area contributed by atoms with Crippen LogP contribution in [0.25, 0.3) is 0 Å². The van der Waals surface area contributed by atoms with Gasteiger partial charge in [0.25, 0.3) is 0 Å². The van der Waals surface area contributed by atoms with Gasteiger partial charge in [0, 0.05) is 0 Å². The Labute approximate surface area is 110 Å².